The van der Waals surface area contributed by atoms with Crippen LogP contribution in [0.15, 0.2) is 22.4 Å². The van der Waals surface area contributed by atoms with Gasteiger partial charge in [-0.2, -0.15) is 18.2 Å². The van der Waals surface area contributed by atoms with Gasteiger partial charge in [-0.15, -0.1) is 32.9 Å². The topological polar surface area (TPSA) is 138 Å². The normalized spacial score (nSPS) is 17.5. The lowest BCUT2D eigenvalue weighted by Crippen LogP contribution is -2.45. The average molecular weight is 676 g/mol. The molecule has 1 saturated heterocycles. The number of nitrogens with zero attached hydrogens (tertiary/aromatic N) is 7. The zero-order valence-corrected chi connectivity index (χ0v) is 25.8. The number of aromatic nitrogens is 5. The summed E-state index contributed by atoms with van der Waals surface area (Å²) in [5, 5.41) is 10.7. The number of aryl methyl sites for hydroxylation is 1. The Balaban J connectivity index is 1.21. The lowest BCUT2D eigenvalue weighted by Gasteiger charge is -2.30. The molecule has 43 heavy (non-hydrogen) atoms. The van der Waals surface area contributed by atoms with Gasteiger partial charge in [0.2, 0.25) is 11.8 Å². The zero-order chi connectivity index (χ0) is 30.5. The summed E-state index contributed by atoms with van der Waals surface area (Å²) in [6.07, 6.45) is -2.28. The molecule has 12 nitrogen and oxygen atoms in total. The number of urea groups is 1. The monoisotopic (exact) mass is 675 g/mol. The lowest BCUT2D eigenvalue weighted by molar-refractivity contribution is -0.147. The fourth-order valence-corrected chi connectivity index (χ4v) is 8.65. The van der Waals surface area contributed by atoms with Crippen LogP contribution in [0.1, 0.15) is 36.3 Å². The number of anilines is 2. The molecule has 2 aliphatic rings. The second-order valence-electron chi connectivity index (χ2n) is 10.1. The van der Waals surface area contributed by atoms with Crippen molar-refractivity contribution in [1.82, 2.24) is 34.8 Å². The Morgan fingerprint density at radius 2 is 1.95 bits per heavy atom. The van der Waals surface area contributed by atoms with Crippen molar-refractivity contribution in [2.24, 2.45) is 0 Å². The first-order chi connectivity index (χ1) is 20.4. The highest BCUT2D eigenvalue weighted by Gasteiger charge is 2.40. The van der Waals surface area contributed by atoms with E-state index in [4.69, 9.17) is 21.6 Å². The van der Waals surface area contributed by atoms with Crippen LogP contribution in [0.25, 0.3) is 10.2 Å². The quantitative estimate of drug-likeness (QED) is 0.294. The second kappa shape index (κ2) is 11.4. The summed E-state index contributed by atoms with van der Waals surface area (Å²) in [4.78, 5) is 27.9. The molecule has 4 aromatic heterocycles. The maximum absolute atomic E-state index is 13.4. The first-order valence-electron chi connectivity index (χ1n) is 13.3. The molecule has 2 amide bonds. The summed E-state index contributed by atoms with van der Waals surface area (Å²) >= 11 is 8.21. The molecular weight excluding hydrogens is 651 g/mol. The summed E-state index contributed by atoms with van der Waals surface area (Å²) in [5.41, 5.74) is 0. The van der Waals surface area contributed by atoms with E-state index in [2.05, 4.69) is 22.4 Å². The Kier molecular flexibility index (Phi) is 7.89. The van der Waals surface area contributed by atoms with Crippen molar-refractivity contribution in [2.75, 3.05) is 29.4 Å². The Labute approximate surface area is 256 Å². The molecule has 19 heteroatoms. The molecule has 0 radical (unpaired) electrons. The van der Waals surface area contributed by atoms with E-state index in [1.54, 1.807) is 11.3 Å². The molecule has 1 fully saturated rings. The van der Waals surface area contributed by atoms with Gasteiger partial charge in [-0.1, -0.05) is 24.9 Å². The van der Waals surface area contributed by atoms with Crippen LogP contribution in [0.3, 0.4) is 0 Å². The Morgan fingerprint density at radius 3 is 2.67 bits per heavy atom. The Morgan fingerprint density at radius 1 is 1.14 bits per heavy atom. The molecule has 0 saturated carbocycles. The largest absolute Gasteiger partial charge is 0.451 e. The van der Waals surface area contributed by atoms with E-state index in [-0.39, 0.29) is 40.0 Å². The molecule has 0 aromatic carbocycles. The third-order valence-electron chi connectivity index (χ3n) is 7.06. The van der Waals surface area contributed by atoms with Crippen molar-refractivity contribution in [2.45, 2.75) is 55.7 Å². The minimum Gasteiger partial charge on any atom is -0.347 e. The predicted molar refractivity (Wildman–Crippen MR) is 156 cm³/mol. The summed E-state index contributed by atoms with van der Waals surface area (Å²) in [7, 11) is -4.06. The van der Waals surface area contributed by atoms with E-state index >= 15 is 0 Å². The number of hydrogen-bond acceptors (Lipinski definition) is 11. The molecule has 6 heterocycles. The Hall–Kier alpha value is -3.22. The zero-order valence-electron chi connectivity index (χ0n) is 22.6. The first kappa shape index (κ1) is 29.8. The summed E-state index contributed by atoms with van der Waals surface area (Å²) in [5.74, 6) is 0.201. The average Bonchev–Trinajstić information content (AvgIpc) is 3.73. The number of thiophene rings is 2. The number of halogens is 4. The number of carbonyl (C=O) groups excluding carboxylic acids is 1. The summed E-state index contributed by atoms with van der Waals surface area (Å²) < 4.78 is 68.4. The summed E-state index contributed by atoms with van der Waals surface area (Å²) in [6, 6.07) is 3.56. The van der Waals surface area contributed by atoms with Crippen LogP contribution >= 0.6 is 34.3 Å². The van der Waals surface area contributed by atoms with Crippen LogP contribution < -0.4 is 19.8 Å². The van der Waals surface area contributed by atoms with Gasteiger partial charge >= 0.3 is 12.2 Å². The highest BCUT2D eigenvalue weighted by molar-refractivity contribution is 7.92. The van der Waals surface area contributed by atoms with Gasteiger partial charge in [0.05, 0.1) is 16.3 Å². The Bertz CT molecular complexity index is 1790. The molecule has 2 N–H and O–H groups in total. The van der Waals surface area contributed by atoms with Crippen molar-refractivity contribution in [3.05, 3.63) is 39.1 Å². The number of amides is 2. The van der Waals surface area contributed by atoms with Gasteiger partial charge in [0.1, 0.15) is 14.9 Å². The van der Waals surface area contributed by atoms with Crippen molar-refractivity contribution < 1.29 is 26.4 Å². The molecule has 230 valence electrons. The van der Waals surface area contributed by atoms with E-state index in [0.717, 1.165) is 43.8 Å². The molecule has 0 aliphatic carbocycles. The van der Waals surface area contributed by atoms with Gasteiger partial charge in [0.25, 0.3) is 10.0 Å². The van der Waals surface area contributed by atoms with E-state index < -0.39 is 28.1 Å². The minimum atomic E-state index is -4.59. The standard InChI is InChI=1S/C24H25ClF3N9O3S3/c1-2-3-14-10-15-19(35-8-9-37-17(12-35)32-33-21(37)24(26,27)28)30-22(31-20(15)41-14)36-7-6-13(11-36)29-23(38)34-43(39,40)18-5-4-16(25)42-18/h4-5,10,13H,2-3,6-9,11-12H2,1H3,(H2,29,34,38). The van der Waals surface area contributed by atoms with Crippen LogP contribution in [0, 0.1) is 0 Å². The van der Waals surface area contributed by atoms with E-state index in [0.29, 0.717) is 31.3 Å². The third-order valence-corrected chi connectivity index (χ3v) is 11.2. The van der Waals surface area contributed by atoms with Crippen LogP contribution in [0.2, 0.25) is 4.34 Å². The second-order valence-corrected chi connectivity index (χ2v) is 14.8. The smallest absolute Gasteiger partial charge is 0.347 e. The van der Waals surface area contributed by atoms with Crippen molar-refractivity contribution in [3.63, 3.8) is 0 Å². The molecule has 4 aromatic rings. The molecular formula is C24H25ClF3N9O3S3. The van der Waals surface area contributed by atoms with Crippen LogP contribution in [-0.2, 0) is 35.7 Å². The van der Waals surface area contributed by atoms with E-state index in [1.807, 2.05) is 20.6 Å². The van der Waals surface area contributed by atoms with Gasteiger partial charge < -0.3 is 19.7 Å². The van der Waals surface area contributed by atoms with Gasteiger partial charge in [-0.25, -0.2) is 22.9 Å². The van der Waals surface area contributed by atoms with Crippen molar-refractivity contribution >= 4 is 72.3 Å². The maximum atomic E-state index is 13.4. The van der Waals surface area contributed by atoms with Gasteiger partial charge in [-0.3, -0.25) is 0 Å². The summed E-state index contributed by atoms with van der Waals surface area (Å²) in [6.45, 7) is 3.33. The van der Waals surface area contributed by atoms with E-state index in [1.165, 1.54) is 12.1 Å². The number of sulfonamides is 1. The fourth-order valence-electron chi connectivity index (χ4n) is 5.13. The van der Waals surface area contributed by atoms with Crippen LogP contribution in [0.5, 0.6) is 0 Å². The number of alkyl halides is 3. The number of hydrogen-bond donors (Lipinski definition) is 2. The van der Waals surface area contributed by atoms with E-state index in [9.17, 15) is 26.4 Å². The fraction of sp³-hybridized carbons (Fsp3) is 0.458. The molecule has 1 atom stereocenters. The number of rotatable bonds is 7. The third kappa shape index (κ3) is 6.09. The number of fused-ring (bicyclic) bond motifs is 2. The predicted octanol–water partition coefficient (Wildman–Crippen LogP) is 4.26. The van der Waals surface area contributed by atoms with Crippen LogP contribution in [0.4, 0.5) is 29.7 Å². The molecule has 1 unspecified atom stereocenters. The SMILES string of the molecule is CCCc1cc2c(N3CCn4c(nnc4C(F)(F)F)C3)nc(N3CCC(NC(=O)NS(=O)(=O)c4ccc(Cl)s4)C3)nc2s1. The molecule has 0 bridgehead atoms. The molecule has 0 spiro atoms. The first-order valence-corrected chi connectivity index (χ1v) is 16.8. The minimum absolute atomic E-state index is 0.0510. The number of carbonyl (C=O) groups is 1. The van der Waals surface area contributed by atoms with Crippen molar-refractivity contribution in [1.29, 1.82) is 0 Å². The van der Waals surface area contributed by atoms with Gasteiger partial charge in [0, 0.05) is 37.1 Å². The number of nitrogens with one attached hydrogen (secondary N) is 2. The molecule has 2 aliphatic heterocycles. The van der Waals surface area contributed by atoms with Gasteiger partial charge in [0.15, 0.2) is 5.82 Å². The highest BCUT2D eigenvalue weighted by Crippen LogP contribution is 2.36. The molecule has 6 rings (SSSR count). The van der Waals surface area contributed by atoms with Crippen LogP contribution in [-0.4, -0.2) is 64.9 Å². The lowest BCUT2D eigenvalue weighted by atomic mass is 10.2. The van der Waals surface area contributed by atoms with Gasteiger partial charge in [-0.05, 0) is 31.0 Å². The van der Waals surface area contributed by atoms with Crippen molar-refractivity contribution in [3.8, 4) is 0 Å². The maximum Gasteiger partial charge on any atom is 0.451 e. The highest BCUT2D eigenvalue weighted by atomic mass is 35.5.